The molecule has 0 aliphatic carbocycles. The largest absolute Gasteiger partial charge is 0.463 e. The molecule has 0 heterocycles. The summed E-state index contributed by atoms with van der Waals surface area (Å²) in [6.07, 6.45) is -3.07. The van der Waals surface area contributed by atoms with Crippen molar-refractivity contribution < 1.29 is 122 Å². The van der Waals surface area contributed by atoms with Crippen LogP contribution in [0.15, 0.2) is 58.2 Å². The Labute approximate surface area is 493 Å². The maximum Gasteiger partial charge on any atom is 0.395 e. The Kier molecular flexibility index (Phi) is 53.9. The van der Waals surface area contributed by atoms with E-state index < -0.39 is 96.4 Å². The van der Waals surface area contributed by atoms with Crippen molar-refractivity contribution >= 4 is 59.7 Å². The van der Waals surface area contributed by atoms with Crippen molar-refractivity contribution in [3.8, 4) is 6.07 Å². The van der Waals surface area contributed by atoms with Gasteiger partial charge in [-0.2, -0.15) is 31.6 Å². The summed E-state index contributed by atoms with van der Waals surface area (Å²) >= 11 is 0. The Morgan fingerprint density at radius 3 is 0.988 bits per heavy atom. The van der Waals surface area contributed by atoms with Crippen molar-refractivity contribution in [2.45, 2.75) is 154 Å². The van der Waals surface area contributed by atoms with E-state index in [9.17, 15) is 74.3 Å². The number of carbonyl (C=O) groups excluding carboxylic acids is 10. The van der Waals surface area contributed by atoms with Crippen LogP contribution in [0.4, 0.5) is 26.3 Å². The highest BCUT2D eigenvalue weighted by atomic mass is 19.4. The van der Waals surface area contributed by atoms with Crippen LogP contribution in [0.2, 0.25) is 0 Å². The zero-order chi connectivity index (χ0) is 66.6. The van der Waals surface area contributed by atoms with Crippen LogP contribution in [-0.4, -0.2) is 145 Å². The number of halogens is 6. The molecule has 1 atom stereocenters. The van der Waals surface area contributed by atoms with E-state index in [4.69, 9.17) is 34.7 Å². The summed E-state index contributed by atoms with van der Waals surface area (Å²) in [6.45, 7) is 23.1. The molecule has 0 aromatic heterocycles. The molecule has 2 N–H and O–H groups in total. The molecule has 0 aromatic rings. The zero-order valence-electron chi connectivity index (χ0n) is 50.9. The molecule has 0 aliphatic heterocycles. The van der Waals surface area contributed by atoms with Gasteiger partial charge in [-0.3, -0.25) is 0 Å². The molecule has 486 valence electrons. The van der Waals surface area contributed by atoms with Gasteiger partial charge in [0.25, 0.3) is 0 Å². The van der Waals surface area contributed by atoms with E-state index in [-0.39, 0.29) is 82.8 Å². The van der Waals surface area contributed by atoms with Crippen molar-refractivity contribution in [2.75, 3.05) is 72.6 Å². The van der Waals surface area contributed by atoms with Gasteiger partial charge >= 0.3 is 72.0 Å². The number of carbonyl (C=O) groups is 10. The molecular weight excluding hydrogens is 1150 g/mol. The molecule has 22 nitrogen and oxygen atoms in total. The number of rotatable bonds is 31. The molecule has 0 radical (unpaired) electrons. The predicted octanol–water partition coefficient (Wildman–Crippen LogP) is 9.21. The van der Waals surface area contributed by atoms with Gasteiger partial charge in [-0.05, 0) is 127 Å². The number of alkyl halides is 6. The van der Waals surface area contributed by atoms with Gasteiger partial charge in [0, 0.05) is 65.5 Å². The van der Waals surface area contributed by atoms with Crippen LogP contribution in [0.5, 0.6) is 0 Å². The van der Waals surface area contributed by atoms with Gasteiger partial charge in [0.05, 0.1) is 83.6 Å². The first-order valence-electron chi connectivity index (χ1n) is 27.4. The second-order valence-electron chi connectivity index (χ2n) is 16.0. The average Bonchev–Trinajstić information content (AvgIpc) is 3.43. The van der Waals surface area contributed by atoms with E-state index in [2.05, 4.69) is 23.7 Å². The van der Waals surface area contributed by atoms with Crippen LogP contribution in [0.3, 0.4) is 0 Å². The van der Waals surface area contributed by atoms with Crippen molar-refractivity contribution in [3.05, 3.63) is 58.2 Å². The molecule has 0 aromatic carbocycles. The average molecular weight is 1230 g/mol. The lowest BCUT2D eigenvalue weighted by Crippen LogP contribution is -2.27. The third-order valence-electron chi connectivity index (χ3n) is 9.71. The van der Waals surface area contributed by atoms with Crippen molar-refractivity contribution in [3.63, 3.8) is 0 Å². The third kappa shape index (κ3) is 47.5. The number of ether oxygens (including phenoxy) is 10. The van der Waals surface area contributed by atoms with E-state index in [1.165, 1.54) is 32.9 Å². The number of nitriles is 1. The maximum absolute atomic E-state index is 12.5. The quantitative estimate of drug-likeness (QED) is 0.0292. The predicted molar refractivity (Wildman–Crippen MR) is 294 cm³/mol. The highest BCUT2D eigenvalue weighted by molar-refractivity contribution is 5.99. The summed E-state index contributed by atoms with van der Waals surface area (Å²) in [4.78, 5) is 113. The van der Waals surface area contributed by atoms with Crippen LogP contribution >= 0.6 is 0 Å². The Balaban J connectivity index is -0.000000314. The number of hydrogen-bond acceptors (Lipinski definition) is 22. The lowest BCUT2D eigenvalue weighted by Gasteiger charge is -2.17. The van der Waals surface area contributed by atoms with E-state index in [1.807, 2.05) is 19.9 Å². The highest BCUT2D eigenvalue weighted by Crippen LogP contribution is 2.32. The SMILES string of the molecule is CCOC(=O)/C=C(/CCC#N)C(=O)OCC.CCOC(=O)/C=C(/CCC(F)(F)F)C(=O)OCC.CCOC(=O)/C=C(/CCCN)C(=O)OCC.CCOC(=O)/C=C(\C(=O)OCC)C(C)C(F)(F)F.CCOC(=O)/C=C(\C(=O)OCC)C(CC)CC. The van der Waals surface area contributed by atoms with Crippen molar-refractivity contribution in [2.24, 2.45) is 17.6 Å². The van der Waals surface area contributed by atoms with Crippen LogP contribution in [-0.2, 0) is 95.3 Å². The molecule has 0 bridgehead atoms. The zero-order valence-corrected chi connectivity index (χ0v) is 50.9. The van der Waals surface area contributed by atoms with Crippen LogP contribution in [0.25, 0.3) is 0 Å². The Hall–Kier alpha value is -7.57. The van der Waals surface area contributed by atoms with Crippen molar-refractivity contribution in [1.82, 2.24) is 0 Å². The van der Waals surface area contributed by atoms with Gasteiger partial charge in [-0.25, -0.2) is 47.9 Å². The van der Waals surface area contributed by atoms with Gasteiger partial charge in [0.1, 0.15) is 0 Å². The van der Waals surface area contributed by atoms with Gasteiger partial charge in [-0.1, -0.05) is 13.8 Å². The molecule has 0 rings (SSSR count). The van der Waals surface area contributed by atoms with Gasteiger partial charge in [-0.15, -0.1) is 0 Å². The van der Waals surface area contributed by atoms with Crippen LogP contribution in [0, 0.1) is 23.2 Å². The molecule has 1 unspecified atom stereocenters. The monoisotopic (exact) mass is 1230 g/mol. The normalized spacial score (nSPS) is 11.9. The van der Waals surface area contributed by atoms with Gasteiger partial charge in [0.15, 0.2) is 0 Å². The number of hydrogen-bond donors (Lipinski definition) is 1. The van der Waals surface area contributed by atoms with Gasteiger partial charge < -0.3 is 53.1 Å². The number of nitrogens with zero attached hydrogens (tertiary/aromatic N) is 1. The minimum Gasteiger partial charge on any atom is -0.463 e. The standard InChI is InChI=1S/C13H22O4.2C11H15F3O4.C11H19NO4.C11H15NO4/c1-5-10(6-2)11(13(15)17-8-4)9-12(14)16-7-3;1-4-17-9(15)6-8(10(16)18-5-2)7(3)11(12,13)14;1-3-17-9(15)7-8(10(16)18-4-2)5-6-11(12,13)14;2*1-3-15-10(13)8-9(6-5-7-12)11(14)16-4-2/h9-10H,5-8H2,1-4H3;6-7H,4-5H2,1-3H3;7H,3-6H2,1-2H3;8H,3-7,12H2,1-2H3;8H,3-6H2,1-2H3/b11-9-;8-6-;8-7-;2*9-8-. The second kappa shape index (κ2) is 53.2. The lowest BCUT2D eigenvalue weighted by atomic mass is 9.93. The van der Waals surface area contributed by atoms with Crippen LogP contribution < -0.4 is 5.73 Å². The minimum absolute atomic E-state index is 0.00579. The molecule has 85 heavy (non-hydrogen) atoms. The molecular formula is C57H86F6N2O20. The Morgan fingerprint density at radius 1 is 0.424 bits per heavy atom. The van der Waals surface area contributed by atoms with E-state index in [0.717, 1.165) is 31.9 Å². The fourth-order valence-corrected chi connectivity index (χ4v) is 5.77. The number of nitrogens with two attached hydrogens (primary N) is 1. The molecule has 0 amide bonds. The molecule has 0 spiro atoms. The summed E-state index contributed by atoms with van der Waals surface area (Å²) in [7, 11) is 0. The first kappa shape index (κ1) is 86.2. The van der Waals surface area contributed by atoms with E-state index in [1.54, 1.807) is 48.5 Å². The Morgan fingerprint density at radius 2 is 0.706 bits per heavy atom. The first-order valence-corrected chi connectivity index (χ1v) is 27.4. The number of esters is 10. The topological polar surface area (TPSA) is 313 Å². The summed E-state index contributed by atoms with van der Waals surface area (Å²) in [6, 6.07) is 1.90. The molecule has 28 heteroatoms. The lowest BCUT2D eigenvalue weighted by molar-refractivity contribution is -0.167. The fraction of sp³-hybridized carbons (Fsp3) is 0.632. The molecule has 0 aliphatic rings. The summed E-state index contributed by atoms with van der Waals surface area (Å²) in [5.74, 6) is -9.11. The van der Waals surface area contributed by atoms with E-state index >= 15 is 0 Å². The smallest absolute Gasteiger partial charge is 0.395 e. The summed E-state index contributed by atoms with van der Waals surface area (Å²) < 4.78 is 121. The van der Waals surface area contributed by atoms with Crippen molar-refractivity contribution in [1.29, 1.82) is 5.26 Å². The molecule has 0 fully saturated rings. The Bertz CT molecular complexity index is 2230. The maximum atomic E-state index is 12.5. The molecule has 0 saturated carbocycles. The highest BCUT2D eigenvalue weighted by Gasteiger charge is 2.42. The molecule has 0 saturated heterocycles. The van der Waals surface area contributed by atoms with Gasteiger partial charge in [0.2, 0.25) is 0 Å². The van der Waals surface area contributed by atoms with Crippen LogP contribution in [0.1, 0.15) is 141 Å². The summed E-state index contributed by atoms with van der Waals surface area (Å²) in [5.41, 5.74) is 5.14. The fourth-order valence-electron chi connectivity index (χ4n) is 5.77. The second-order valence-corrected chi connectivity index (χ2v) is 16.0. The summed E-state index contributed by atoms with van der Waals surface area (Å²) in [5, 5.41) is 8.42. The van der Waals surface area contributed by atoms with E-state index in [0.29, 0.717) is 49.8 Å². The first-order chi connectivity index (χ1) is 39.9. The third-order valence-corrected chi connectivity index (χ3v) is 9.71. The minimum atomic E-state index is -4.63.